The molecule has 0 saturated carbocycles. The number of aliphatic hydroxyl groups excluding tert-OH is 1. The zero-order valence-electron chi connectivity index (χ0n) is 5.50. The first-order valence-electron chi connectivity index (χ1n) is 3.34. The molecule has 52 valence electrons. The average molecular weight is 136 g/mol. The quantitative estimate of drug-likeness (QED) is 0.552. The minimum atomic E-state index is -0.00287. The van der Waals surface area contributed by atoms with E-state index in [9.17, 15) is 0 Å². The fourth-order valence-corrected chi connectivity index (χ4v) is 1.20. The summed E-state index contributed by atoms with van der Waals surface area (Å²) in [6, 6.07) is 0. The van der Waals surface area contributed by atoms with Gasteiger partial charge in [-0.2, -0.15) is 0 Å². The maximum Gasteiger partial charge on any atom is 0.282 e. The predicted molar refractivity (Wildman–Crippen MR) is 37.2 cm³/mol. The molecule has 10 heavy (non-hydrogen) atoms. The SMILES string of the molecule is OC1=CC=C2CCC=C2O1. The summed E-state index contributed by atoms with van der Waals surface area (Å²) in [7, 11) is 0. The molecule has 2 heteroatoms. The molecule has 0 radical (unpaired) electrons. The van der Waals surface area contributed by atoms with E-state index >= 15 is 0 Å². The second-order valence-corrected chi connectivity index (χ2v) is 2.41. The van der Waals surface area contributed by atoms with Crippen LogP contribution in [0, 0.1) is 0 Å². The van der Waals surface area contributed by atoms with Gasteiger partial charge in [0, 0.05) is 6.08 Å². The van der Waals surface area contributed by atoms with Crippen molar-refractivity contribution in [2.24, 2.45) is 0 Å². The Morgan fingerprint density at radius 3 is 3.20 bits per heavy atom. The van der Waals surface area contributed by atoms with Gasteiger partial charge in [0.2, 0.25) is 0 Å². The van der Waals surface area contributed by atoms with Gasteiger partial charge in [-0.25, -0.2) is 0 Å². The standard InChI is InChI=1S/C8H8O2/c9-8-5-4-6-2-1-3-7(6)10-8/h3-5,9H,1-2H2. The highest BCUT2D eigenvalue weighted by atomic mass is 16.6. The Bertz CT molecular complexity index is 246. The Balaban J connectivity index is 2.35. The van der Waals surface area contributed by atoms with Crippen LogP contribution in [0.5, 0.6) is 0 Å². The highest BCUT2D eigenvalue weighted by molar-refractivity contribution is 5.37. The first kappa shape index (κ1) is 5.59. The van der Waals surface area contributed by atoms with Gasteiger partial charge in [-0.15, -0.1) is 0 Å². The number of rotatable bonds is 0. The number of aliphatic hydroxyl groups is 1. The van der Waals surface area contributed by atoms with Crippen LogP contribution in [0.15, 0.2) is 35.5 Å². The topological polar surface area (TPSA) is 29.5 Å². The second-order valence-electron chi connectivity index (χ2n) is 2.41. The van der Waals surface area contributed by atoms with Crippen molar-refractivity contribution < 1.29 is 9.84 Å². The fourth-order valence-electron chi connectivity index (χ4n) is 1.20. The van der Waals surface area contributed by atoms with E-state index in [1.807, 2.05) is 12.2 Å². The Kier molecular flexibility index (Phi) is 1.07. The molecule has 2 rings (SSSR count). The number of hydrogen-bond donors (Lipinski definition) is 1. The maximum absolute atomic E-state index is 8.91. The van der Waals surface area contributed by atoms with Gasteiger partial charge < -0.3 is 9.84 Å². The minimum absolute atomic E-state index is 0.00287. The van der Waals surface area contributed by atoms with Crippen LogP contribution in [0.4, 0.5) is 0 Å². The maximum atomic E-state index is 8.91. The summed E-state index contributed by atoms with van der Waals surface area (Å²) in [6.45, 7) is 0. The molecule has 0 fully saturated rings. The lowest BCUT2D eigenvalue weighted by Crippen LogP contribution is -1.96. The van der Waals surface area contributed by atoms with Crippen LogP contribution < -0.4 is 0 Å². The Hall–Kier alpha value is -1.18. The summed E-state index contributed by atoms with van der Waals surface area (Å²) >= 11 is 0. The molecular weight excluding hydrogens is 128 g/mol. The molecule has 0 aromatic heterocycles. The van der Waals surface area contributed by atoms with Gasteiger partial charge in [-0.1, -0.05) is 0 Å². The molecule has 0 saturated heterocycles. The van der Waals surface area contributed by atoms with Crippen molar-refractivity contribution in [1.29, 1.82) is 0 Å². The first-order valence-corrected chi connectivity index (χ1v) is 3.34. The molecule has 0 amide bonds. The van der Waals surface area contributed by atoms with Crippen molar-refractivity contribution in [2.45, 2.75) is 12.8 Å². The largest absolute Gasteiger partial charge is 0.481 e. The lowest BCUT2D eigenvalue weighted by Gasteiger charge is -2.10. The summed E-state index contributed by atoms with van der Waals surface area (Å²) in [5, 5.41) is 8.91. The molecule has 0 unspecified atom stereocenters. The molecule has 0 aromatic carbocycles. The Morgan fingerprint density at radius 2 is 2.30 bits per heavy atom. The van der Waals surface area contributed by atoms with E-state index in [0.29, 0.717) is 0 Å². The van der Waals surface area contributed by atoms with Crippen molar-refractivity contribution in [2.75, 3.05) is 0 Å². The zero-order chi connectivity index (χ0) is 6.97. The molecule has 2 nitrogen and oxygen atoms in total. The molecule has 1 N–H and O–H groups in total. The zero-order valence-corrected chi connectivity index (χ0v) is 5.50. The average Bonchev–Trinajstić information content (AvgIpc) is 2.33. The monoisotopic (exact) mass is 136 g/mol. The molecule has 0 spiro atoms. The van der Waals surface area contributed by atoms with E-state index in [0.717, 1.165) is 18.6 Å². The second kappa shape index (κ2) is 1.90. The number of hydrogen-bond acceptors (Lipinski definition) is 2. The number of fused-ring (bicyclic) bond motifs is 1. The van der Waals surface area contributed by atoms with Crippen LogP contribution >= 0.6 is 0 Å². The van der Waals surface area contributed by atoms with Crippen LogP contribution in [-0.4, -0.2) is 5.11 Å². The summed E-state index contributed by atoms with van der Waals surface area (Å²) in [4.78, 5) is 0. The van der Waals surface area contributed by atoms with Crippen LogP contribution in [-0.2, 0) is 4.74 Å². The van der Waals surface area contributed by atoms with Crippen molar-refractivity contribution in [3.8, 4) is 0 Å². The molecule has 0 aromatic rings. The van der Waals surface area contributed by atoms with Gasteiger partial charge in [0.05, 0.1) is 0 Å². The van der Waals surface area contributed by atoms with Crippen molar-refractivity contribution >= 4 is 0 Å². The van der Waals surface area contributed by atoms with Gasteiger partial charge >= 0.3 is 0 Å². The first-order chi connectivity index (χ1) is 4.86. The van der Waals surface area contributed by atoms with Crippen LogP contribution in [0.2, 0.25) is 0 Å². The summed E-state index contributed by atoms with van der Waals surface area (Å²) in [6.07, 6.45) is 7.55. The molecule has 1 aliphatic heterocycles. The van der Waals surface area contributed by atoms with E-state index < -0.39 is 0 Å². The van der Waals surface area contributed by atoms with Gasteiger partial charge in [-0.05, 0) is 30.6 Å². The van der Waals surface area contributed by atoms with Gasteiger partial charge in [-0.3, -0.25) is 0 Å². The van der Waals surface area contributed by atoms with E-state index in [-0.39, 0.29) is 5.95 Å². The van der Waals surface area contributed by atoms with E-state index in [1.165, 1.54) is 5.57 Å². The van der Waals surface area contributed by atoms with E-state index in [1.54, 1.807) is 6.08 Å². The minimum Gasteiger partial charge on any atom is -0.481 e. The summed E-state index contributed by atoms with van der Waals surface area (Å²) < 4.78 is 5.02. The highest BCUT2D eigenvalue weighted by Crippen LogP contribution is 2.29. The Morgan fingerprint density at radius 1 is 1.40 bits per heavy atom. The van der Waals surface area contributed by atoms with E-state index in [4.69, 9.17) is 9.84 Å². The third-order valence-electron chi connectivity index (χ3n) is 1.70. The van der Waals surface area contributed by atoms with Crippen LogP contribution in [0.3, 0.4) is 0 Å². The van der Waals surface area contributed by atoms with Crippen molar-refractivity contribution in [3.63, 3.8) is 0 Å². The van der Waals surface area contributed by atoms with E-state index in [2.05, 4.69) is 0 Å². The van der Waals surface area contributed by atoms with Gasteiger partial charge in [0.1, 0.15) is 5.76 Å². The predicted octanol–water partition coefficient (Wildman–Crippen LogP) is 2.02. The lowest BCUT2D eigenvalue weighted by atomic mass is 10.2. The third kappa shape index (κ3) is 0.727. The van der Waals surface area contributed by atoms with Gasteiger partial charge in [0.25, 0.3) is 5.95 Å². The molecule has 1 heterocycles. The highest BCUT2D eigenvalue weighted by Gasteiger charge is 2.16. The molecule has 2 aliphatic rings. The van der Waals surface area contributed by atoms with Crippen molar-refractivity contribution in [3.05, 3.63) is 35.5 Å². The van der Waals surface area contributed by atoms with Crippen molar-refractivity contribution in [1.82, 2.24) is 0 Å². The van der Waals surface area contributed by atoms with Crippen LogP contribution in [0.25, 0.3) is 0 Å². The fraction of sp³-hybridized carbons (Fsp3) is 0.250. The Labute approximate surface area is 59.1 Å². The lowest BCUT2D eigenvalue weighted by molar-refractivity contribution is 0.148. The smallest absolute Gasteiger partial charge is 0.282 e. The third-order valence-corrected chi connectivity index (χ3v) is 1.70. The number of allylic oxidation sites excluding steroid dienone is 4. The number of ether oxygens (including phenoxy) is 1. The van der Waals surface area contributed by atoms with Crippen LogP contribution in [0.1, 0.15) is 12.8 Å². The van der Waals surface area contributed by atoms with Gasteiger partial charge in [0.15, 0.2) is 0 Å². The summed E-state index contributed by atoms with van der Waals surface area (Å²) in [5.41, 5.74) is 1.19. The summed E-state index contributed by atoms with van der Waals surface area (Å²) in [5.74, 6) is 0.830. The molecular formula is C8H8O2. The molecule has 1 aliphatic carbocycles. The molecule has 0 bridgehead atoms. The molecule has 0 atom stereocenters. The normalized spacial score (nSPS) is 22.2.